The summed E-state index contributed by atoms with van der Waals surface area (Å²) in [5.74, 6) is 1.06. The second-order valence-electron chi connectivity index (χ2n) is 8.74. The van der Waals surface area contributed by atoms with Crippen molar-refractivity contribution in [2.75, 3.05) is 20.3 Å². The van der Waals surface area contributed by atoms with Gasteiger partial charge >= 0.3 is 12.0 Å². The molecular weight excluding hydrogens is 575 g/mol. The van der Waals surface area contributed by atoms with E-state index >= 15 is 0 Å². The molecule has 0 saturated carbocycles. The lowest BCUT2D eigenvalue weighted by Gasteiger charge is -2.28. The van der Waals surface area contributed by atoms with Gasteiger partial charge in [0.15, 0.2) is 17.7 Å². The van der Waals surface area contributed by atoms with Gasteiger partial charge < -0.3 is 34.4 Å². The number of hydrogen-bond donors (Lipinski definition) is 4. The van der Waals surface area contributed by atoms with Crippen molar-refractivity contribution in [1.29, 1.82) is 0 Å². The molecule has 4 N–H and O–H groups in total. The van der Waals surface area contributed by atoms with Crippen LogP contribution in [0.5, 0.6) is 11.5 Å². The maximum atomic E-state index is 12.4. The predicted octanol–water partition coefficient (Wildman–Crippen LogP) is 4.77. The highest BCUT2D eigenvalue weighted by Crippen LogP contribution is 2.35. The molecule has 2 atom stereocenters. The van der Waals surface area contributed by atoms with Crippen LogP contribution >= 0.6 is 23.2 Å². The van der Waals surface area contributed by atoms with E-state index in [4.69, 9.17) is 41.8 Å². The van der Waals surface area contributed by atoms with Crippen LogP contribution in [-0.2, 0) is 9.53 Å². The fraction of sp³-hybridized carbons (Fsp3) is 0.250. The van der Waals surface area contributed by atoms with Gasteiger partial charge in [-0.05, 0) is 61.9 Å². The van der Waals surface area contributed by atoms with Crippen LogP contribution in [0.2, 0.25) is 10.0 Å². The zero-order chi connectivity index (χ0) is 29.5. The zero-order valence-corrected chi connectivity index (χ0v) is 23.9. The average molecular weight is 603 g/mol. The highest BCUT2D eigenvalue weighted by molar-refractivity contribution is 6.35. The number of aliphatic hydroxyl groups excluding tert-OH is 1. The minimum atomic E-state index is -1.17. The van der Waals surface area contributed by atoms with Crippen molar-refractivity contribution >= 4 is 41.4 Å². The van der Waals surface area contributed by atoms with Gasteiger partial charge in [0.1, 0.15) is 18.1 Å². The quantitative estimate of drug-likeness (QED) is 0.106. The SMILES string of the molecule is CCOc1cc([C@H]2NC(=O)NC(C)=C2C(=O)OC)ccc1OC[C@H](O)N/N=C\c1ccc(-c2cc(Cl)ccc2Cl)o1. The van der Waals surface area contributed by atoms with Crippen molar-refractivity contribution in [3.63, 3.8) is 0 Å². The van der Waals surface area contributed by atoms with E-state index in [1.165, 1.54) is 13.3 Å². The molecule has 11 nitrogen and oxygen atoms in total. The van der Waals surface area contributed by atoms with Crippen molar-refractivity contribution in [2.45, 2.75) is 26.1 Å². The second-order valence-corrected chi connectivity index (χ2v) is 9.58. The number of ether oxygens (including phenoxy) is 3. The summed E-state index contributed by atoms with van der Waals surface area (Å²) in [4.78, 5) is 24.5. The average Bonchev–Trinajstić information content (AvgIpc) is 3.41. The molecule has 0 saturated heterocycles. The topological polar surface area (TPSA) is 144 Å². The predicted molar refractivity (Wildman–Crippen MR) is 153 cm³/mol. The summed E-state index contributed by atoms with van der Waals surface area (Å²) in [5.41, 5.74) is 4.43. The third-order valence-corrected chi connectivity index (χ3v) is 6.47. The first-order valence-electron chi connectivity index (χ1n) is 12.5. The van der Waals surface area contributed by atoms with Gasteiger partial charge in [0, 0.05) is 16.3 Å². The monoisotopic (exact) mass is 602 g/mol. The molecular formula is C28H28Cl2N4O7. The lowest BCUT2D eigenvalue weighted by atomic mass is 9.95. The van der Waals surface area contributed by atoms with E-state index in [1.807, 2.05) is 0 Å². The number of nitrogens with one attached hydrogen (secondary N) is 3. The van der Waals surface area contributed by atoms with Gasteiger partial charge in [-0.25, -0.2) is 9.59 Å². The molecule has 2 aromatic carbocycles. The van der Waals surface area contributed by atoms with Crippen LogP contribution < -0.4 is 25.5 Å². The van der Waals surface area contributed by atoms with Gasteiger partial charge in [0.2, 0.25) is 0 Å². The first-order chi connectivity index (χ1) is 19.7. The lowest BCUT2D eigenvalue weighted by molar-refractivity contribution is -0.136. The van der Waals surface area contributed by atoms with Crippen LogP contribution in [0, 0.1) is 0 Å². The number of aliphatic hydroxyl groups is 1. The molecule has 3 aromatic rings. The summed E-state index contributed by atoms with van der Waals surface area (Å²) in [7, 11) is 1.27. The number of methoxy groups -OCH3 is 1. The molecule has 0 radical (unpaired) electrons. The minimum absolute atomic E-state index is 0.172. The molecule has 0 aliphatic carbocycles. The van der Waals surface area contributed by atoms with Crippen molar-refractivity contribution in [3.8, 4) is 22.8 Å². The Morgan fingerprint density at radius 1 is 1.17 bits per heavy atom. The number of halogens is 2. The third kappa shape index (κ3) is 7.31. The van der Waals surface area contributed by atoms with E-state index in [1.54, 1.807) is 62.4 Å². The fourth-order valence-electron chi connectivity index (χ4n) is 4.06. The Morgan fingerprint density at radius 2 is 1.98 bits per heavy atom. The number of esters is 1. The normalized spacial score (nSPS) is 15.8. The lowest BCUT2D eigenvalue weighted by Crippen LogP contribution is -2.45. The van der Waals surface area contributed by atoms with Gasteiger partial charge in [0.05, 0.1) is 36.6 Å². The third-order valence-electron chi connectivity index (χ3n) is 5.91. The highest BCUT2D eigenvalue weighted by atomic mass is 35.5. The smallest absolute Gasteiger partial charge is 0.337 e. The number of benzene rings is 2. The Morgan fingerprint density at radius 3 is 2.73 bits per heavy atom. The van der Waals surface area contributed by atoms with Crippen LogP contribution in [0.3, 0.4) is 0 Å². The number of rotatable bonds is 11. The Bertz CT molecular complexity index is 1490. The Balaban J connectivity index is 1.40. The summed E-state index contributed by atoms with van der Waals surface area (Å²) < 4.78 is 22.1. The van der Waals surface area contributed by atoms with Crippen LogP contribution in [0.15, 0.2) is 69.3 Å². The number of urea groups is 1. The van der Waals surface area contributed by atoms with Crippen LogP contribution in [0.4, 0.5) is 4.79 Å². The molecule has 1 aromatic heterocycles. The molecule has 2 heterocycles. The number of carbonyl (C=O) groups is 2. The number of hydrazone groups is 1. The van der Waals surface area contributed by atoms with Crippen LogP contribution in [0.25, 0.3) is 11.3 Å². The summed E-state index contributed by atoms with van der Waals surface area (Å²) in [6.45, 7) is 3.58. The highest BCUT2D eigenvalue weighted by Gasteiger charge is 2.32. The molecule has 1 aliphatic heterocycles. The van der Waals surface area contributed by atoms with Crippen molar-refractivity contribution < 1.29 is 33.3 Å². The van der Waals surface area contributed by atoms with Crippen LogP contribution in [0.1, 0.15) is 31.2 Å². The van der Waals surface area contributed by atoms with E-state index in [9.17, 15) is 14.7 Å². The number of amides is 2. The first-order valence-corrected chi connectivity index (χ1v) is 13.2. The maximum Gasteiger partial charge on any atom is 0.337 e. The fourth-order valence-corrected chi connectivity index (χ4v) is 4.45. The number of furan rings is 1. The largest absolute Gasteiger partial charge is 0.490 e. The van der Waals surface area contributed by atoms with Crippen molar-refractivity contribution in [2.24, 2.45) is 5.10 Å². The summed E-state index contributed by atoms with van der Waals surface area (Å²) in [6, 6.07) is 12.2. The van der Waals surface area contributed by atoms with Crippen LogP contribution in [-0.4, -0.2) is 49.9 Å². The molecule has 0 spiro atoms. The van der Waals surface area contributed by atoms with Gasteiger partial charge in [0.25, 0.3) is 0 Å². The number of nitrogens with zero attached hydrogens (tertiary/aromatic N) is 1. The number of carbonyl (C=O) groups excluding carboxylic acids is 2. The molecule has 1 aliphatic rings. The molecule has 216 valence electrons. The Hall–Kier alpha value is -4.19. The van der Waals surface area contributed by atoms with E-state index in [-0.39, 0.29) is 12.2 Å². The van der Waals surface area contributed by atoms with Gasteiger partial charge in [-0.2, -0.15) is 5.10 Å². The zero-order valence-electron chi connectivity index (χ0n) is 22.4. The summed E-state index contributed by atoms with van der Waals surface area (Å²) >= 11 is 12.3. The van der Waals surface area contributed by atoms with Gasteiger partial charge in [-0.15, -0.1) is 0 Å². The Labute approximate surface area is 246 Å². The van der Waals surface area contributed by atoms with E-state index in [2.05, 4.69) is 21.2 Å². The molecule has 41 heavy (non-hydrogen) atoms. The standard InChI is InChI=1S/C28H28Cl2N4O7/c1-4-39-23-11-16(26-25(27(36)38-3)15(2)32-28(37)33-26)5-9-22(23)40-14-24(35)34-31-13-18-7-10-21(41-18)19-12-17(29)6-8-20(19)30/h5-13,24,26,34-35H,4,14H2,1-3H3,(H2,32,33,37)/b31-13-/t24-,26+/m0/s1. The second kappa shape index (κ2) is 13.4. The molecule has 13 heteroatoms. The number of allylic oxidation sites excluding steroid dienone is 1. The summed E-state index contributed by atoms with van der Waals surface area (Å²) in [6.07, 6.45) is 0.227. The number of hydrogen-bond acceptors (Lipinski definition) is 9. The van der Waals surface area contributed by atoms with Gasteiger partial charge in [-0.3, -0.25) is 5.43 Å². The molecule has 2 amide bonds. The van der Waals surface area contributed by atoms with E-state index in [0.717, 1.165) is 0 Å². The van der Waals surface area contributed by atoms with Crippen molar-refractivity contribution in [3.05, 3.63) is 81.2 Å². The minimum Gasteiger partial charge on any atom is -0.490 e. The maximum absolute atomic E-state index is 12.4. The molecule has 0 fully saturated rings. The Kier molecular flexibility index (Phi) is 9.77. The van der Waals surface area contributed by atoms with Crippen molar-refractivity contribution in [1.82, 2.24) is 16.1 Å². The van der Waals surface area contributed by atoms with E-state index < -0.39 is 24.3 Å². The molecule has 4 rings (SSSR count). The van der Waals surface area contributed by atoms with E-state index in [0.29, 0.717) is 56.5 Å². The van der Waals surface area contributed by atoms with Gasteiger partial charge in [-0.1, -0.05) is 29.3 Å². The molecule has 0 unspecified atom stereocenters. The first kappa shape index (κ1) is 29.8. The molecule has 0 bridgehead atoms. The summed E-state index contributed by atoms with van der Waals surface area (Å²) in [5, 5.41) is 20.7.